The van der Waals surface area contributed by atoms with Gasteiger partial charge in [0.15, 0.2) is 0 Å². The van der Waals surface area contributed by atoms with Gasteiger partial charge in [0.2, 0.25) is 0 Å². The van der Waals surface area contributed by atoms with Crippen LogP contribution in [0.15, 0.2) is 23.3 Å². The van der Waals surface area contributed by atoms with Crippen LogP contribution < -0.4 is 0 Å². The van der Waals surface area contributed by atoms with Crippen molar-refractivity contribution < 1.29 is 10.2 Å². The second kappa shape index (κ2) is 3.87. The number of allylic oxidation sites excluding steroid dienone is 2. The zero-order valence-corrected chi connectivity index (χ0v) is 7.62. The van der Waals surface area contributed by atoms with Gasteiger partial charge in [-0.25, -0.2) is 0 Å². The van der Waals surface area contributed by atoms with Gasteiger partial charge >= 0.3 is 0 Å². The molecule has 0 heterocycles. The molecule has 2 N–H and O–H groups in total. The first kappa shape index (κ1) is 9.49. The van der Waals surface area contributed by atoms with Crippen molar-refractivity contribution in [2.45, 2.75) is 38.9 Å². The standard InChI is InChI=1S/C10H16O2/c1-7(11)9-5-3-4-6-10(9)8(2)12/h5-8,11-12H,3-4H2,1-2H3. The summed E-state index contributed by atoms with van der Waals surface area (Å²) in [7, 11) is 0. The molecular formula is C10H16O2. The number of rotatable bonds is 2. The van der Waals surface area contributed by atoms with Gasteiger partial charge in [-0.3, -0.25) is 0 Å². The Morgan fingerprint density at radius 1 is 1.00 bits per heavy atom. The Balaban J connectivity index is 2.83. The molecule has 1 aliphatic rings. The number of aliphatic hydroxyl groups excluding tert-OH is 2. The van der Waals surface area contributed by atoms with Crippen molar-refractivity contribution >= 4 is 0 Å². The molecule has 0 spiro atoms. The lowest BCUT2D eigenvalue weighted by Crippen LogP contribution is -2.17. The minimum absolute atomic E-state index is 0.467. The van der Waals surface area contributed by atoms with Crippen molar-refractivity contribution in [2.75, 3.05) is 0 Å². The summed E-state index contributed by atoms with van der Waals surface area (Å²) in [5.41, 5.74) is 1.77. The van der Waals surface area contributed by atoms with Gasteiger partial charge in [-0.05, 0) is 37.8 Å². The first-order valence-electron chi connectivity index (χ1n) is 4.39. The largest absolute Gasteiger partial charge is 0.389 e. The highest BCUT2D eigenvalue weighted by Gasteiger charge is 2.16. The summed E-state index contributed by atoms with van der Waals surface area (Å²) in [5.74, 6) is 0. The van der Waals surface area contributed by atoms with Gasteiger partial charge in [0.1, 0.15) is 0 Å². The van der Waals surface area contributed by atoms with Crippen molar-refractivity contribution in [1.29, 1.82) is 0 Å². The predicted molar refractivity (Wildman–Crippen MR) is 48.8 cm³/mol. The van der Waals surface area contributed by atoms with Crippen molar-refractivity contribution in [3.05, 3.63) is 23.3 Å². The van der Waals surface area contributed by atoms with E-state index < -0.39 is 12.2 Å². The smallest absolute Gasteiger partial charge is 0.0762 e. The van der Waals surface area contributed by atoms with Crippen LogP contribution in [0.5, 0.6) is 0 Å². The summed E-state index contributed by atoms with van der Waals surface area (Å²) in [4.78, 5) is 0. The molecule has 2 heteroatoms. The van der Waals surface area contributed by atoms with Gasteiger partial charge in [0.25, 0.3) is 0 Å². The minimum Gasteiger partial charge on any atom is -0.389 e. The zero-order chi connectivity index (χ0) is 9.14. The van der Waals surface area contributed by atoms with Crippen molar-refractivity contribution in [2.24, 2.45) is 0 Å². The van der Waals surface area contributed by atoms with E-state index in [2.05, 4.69) is 0 Å². The molecule has 0 saturated heterocycles. The molecule has 0 saturated carbocycles. The summed E-state index contributed by atoms with van der Waals surface area (Å²) in [6.45, 7) is 3.46. The zero-order valence-electron chi connectivity index (χ0n) is 7.62. The number of aliphatic hydroxyl groups is 2. The van der Waals surface area contributed by atoms with Gasteiger partial charge in [-0.2, -0.15) is 0 Å². The summed E-state index contributed by atoms with van der Waals surface area (Å²) in [6.07, 6.45) is 5.02. The highest BCUT2D eigenvalue weighted by molar-refractivity contribution is 5.38. The fourth-order valence-corrected chi connectivity index (χ4v) is 1.54. The van der Waals surface area contributed by atoms with Crippen LogP contribution in [0, 0.1) is 0 Å². The molecule has 2 atom stereocenters. The van der Waals surface area contributed by atoms with E-state index in [1.54, 1.807) is 13.8 Å². The van der Waals surface area contributed by atoms with Gasteiger partial charge in [0.05, 0.1) is 12.2 Å². The normalized spacial score (nSPS) is 22.7. The Bertz CT molecular complexity index is 188. The number of hydrogen-bond acceptors (Lipinski definition) is 2. The van der Waals surface area contributed by atoms with Crippen LogP contribution in [0.2, 0.25) is 0 Å². The monoisotopic (exact) mass is 168 g/mol. The van der Waals surface area contributed by atoms with Crippen LogP contribution in [0.1, 0.15) is 26.7 Å². The third-order valence-corrected chi connectivity index (χ3v) is 2.13. The maximum Gasteiger partial charge on any atom is 0.0762 e. The molecule has 0 fully saturated rings. The third-order valence-electron chi connectivity index (χ3n) is 2.13. The lowest BCUT2D eigenvalue weighted by Gasteiger charge is -2.20. The van der Waals surface area contributed by atoms with Gasteiger partial charge < -0.3 is 10.2 Å². The van der Waals surface area contributed by atoms with E-state index in [1.165, 1.54) is 0 Å². The topological polar surface area (TPSA) is 40.5 Å². The third kappa shape index (κ3) is 1.96. The highest BCUT2D eigenvalue weighted by Crippen LogP contribution is 2.24. The van der Waals surface area contributed by atoms with Crippen LogP contribution >= 0.6 is 0 Å². The minimum atomic E-state index is -0.467. The molecule has 2 nitrogen and oxygen atoms in total. The molecular weight excluding hydrogens is 152 g/mol. The second-order valence-corrected chi connectivity index (χ2v) is 3.25. The molecule has 1 rings (SSSR count). The summed E-state index contributed by atoms with van der Waals surface area (Å²) in [6, 6.07) is 0. The molecule has 12 heavy (non-hydrogen) atoms. The first-order chi connectivity index (χ1) is 5.63. The fourth-order valence-electron chi connectivity index (χ4n) is 1.54. The van der Waals surface area contributed by atoms with Crippen molar-refractivity contribution in [1.82, 2.24) is 0 Å². The van der Waals surface area contributed by atoms with E-state index in [9.17, 15) is 10.2 Å². The van der Waals surface area contributed by atoms with Gasteiger partial charge in [-0.15, -0.1) is 0 Å². The lowest BCUT2D eigenvalue weighted by molar-refractivity contribution is 0.206. The quantitative estimate of drug-likeness (QED) is 0.654. The van der Waals surface area contributed by atoms with E-state index in [0.717, 1.165) is 24.0 Å². The Labute approximate surface area is 73.2 Å². The van der Waals surface area contributed by atoms with E-state index in [-0.39, 0.29) is 0 Å². The Hall–Kier alpha value is -0.600. The van der Waals surface area contributed by atoms with E-state index >= 15 is 0 Å². The molecule has 0 aliphatic heterocycles. The van der Waals surface area contributed by atoms with E-state index in [4.69, 9.17) is 0 Å². The Morgan fingerprint density at radius 2 is 1.33 bits per heavy atom. The molecule has 2 unspecified atom stereocenters. The molecule has 0 bridgehead atoms. The molecule has 0 amide bonds. The van der Waals surface area contributed by atoms with Crippen LogP contribution in [0.3, 0.4) is 0 Å². The maximum atomic E-state index is 9.38. The maximum absolute atomic E-state index is 9.38. The molecule has 0 aromatic carbocycles. The Morgan fingerprint density at radius 3 is 1.58 bits per heavy atom. The average Bonchev–Trinajstić information content (AvgIpc) is 2.04. The van der Waals surface area contributed by atoms with E-state index in [0.29, 0.717) is 0 Å². The summed E-state index contributed by atoms with van der Waals surface area (Å²) in [5, 5.41) is 18.8. The summed E-state index contributed by atoms with van der Waals surface area (Å²) >= 11 is 0. The van der Waals surface area contributed by atoms with Crippen molar-refractivity contribution in [3.8, 4) is 0 Å². The molecule has 0 radical (unpaired) electrons. The molecule has 0 aromatic heterocycles. The van der Waals surface area contributed by atoms with Crippen LogP contribution in [0.4, 0.5) is 0 Å². The fraction of sp³-hybridized carbons (Fsp3) is 0.600. The van der Waals surface area contributed by atoms with Crippen LogP contribution in [0.25, 0.3) is 0 Å². The van der Waals surface area contributed by atoms with Crippen LogP contribution in [-0.4, -0.2) is 22.4 Å². The lowest BCUT2D eigenvalue weighted by atomic mass is 9.91. The van der Waals surface area contributed by atoms with Gasteiger partial charge in [0, 0.05) is 0 Å². The SMILES string of the molecule is CC(O)C1=CCCC=C1C(C)O. The van der Waals surface area contributed by atoms with Gasteiger partial charge in [-0.1, -0.05) is 12.2 Å². The predicted octanol–water partition coefficient (Wildman–Crippen LogP) is 1.39. The second-order valence-electron chi connectivity index (χ2n) is 3.25. The molecule has 68 valence electrons. The van der Waals surface area contributed by atoms with Crippen LogP contribution in [-0.2, 0) is 0 Å². The van der Waals surface area contributed by atoms with Crippen molar-refractivity contribution in [3.63, 3.8) is 0 Å². The molecule has 1 aliphatic carbocycles. The average molecular weight is 168 g/mol. The first-order valence-corrected chi connectivity index (χ1v) is 4.39. The highest BCUT2D eigenvalue weighted by atomic mass is 16.3. The summed E-state index contributed by atoms with van der Waals surface area (Å²) < 4.78 is 0. The molecule has 0 aromatic rings. The van der Waals surface area contributed by atoms with E-state index in [1.807, 2.05) is 12.2 Å². The Kier molecular flexibility index (Phi) is 3.06. The number of hydrogen-bond donors (Lipinski definition) is 2.